The standard InChI is InChI=1S/C19H27N3O5/c1-21(2)19(26)22-11-8-15(9-12-22)18(25)20-10-7-14-3-5-16(6-4-14)27-13-17(23)24/h3-6,15H,7-13H2,1-2H3,(H,20,25)(H,23,24). The predicted molar refractivity (Wildman–Crippen MR) is 99.7 cm³/mol. The van der Waals surface area contributed by atoms with E-state index in [4.69, 9.17) is 9.84 Å². The smallest absolute Gasteiger partial charge is 0.341 e. The first-order valence-corrected chi connectivity index (χ1v) is 9.04. The summed E-state index contributed by atoms with van der Waals surface area (Å²) in [6, 6.07) is 7.14. The molecule has 2 N–H and O–H groups in total. The zero-order valence-corrected chi connectivity index (χ0v) is 15.8. The number of hydrogen-bond acceptors (Lipinski definition) is 4. The second-order valence-corrected chi connectivity index (χ2v) is 6.81. The van der Waals surface area contributed by atoms with Crippen LogP contribution >= 0.6 is 0 Å². The Morgan fingerprint density at radius 2 is 1.81 bits per heavy atom. The summed E-state index contributed by atoms with van der Waals surface area (Å²) in [6.07, 6.45) is 2.05. The van der Waals surface area contributed by atoms with Gasteiger partial charge in [-0.1, -0.05) is 12.1 Å². The van der Waals surface area contributed by atoms with E-state index in [9.17, 15) is 14.4 Å². The van der Waals surface area contributed by atoms with E-state index >= 15 is 0 Å². The molecule has 2 rings (SSSR count). The number of carbonyl (C=O) groups excluding carboxylic acids is 2. The van der Waals surface area contributed by atoms with Crippen LogP contribution in [0.15, 0.2) is 24.3 Å². The van der Waals surface area contributed by atoms with E-state index in [-0.39, 0.29) is 24.5 Å². The van der Waals surface area contributed by atoms with Crippen LogP contribution in [0.25, 0.3) is 0 Å². The number of nitrogens with one attached hydrogen (secondary N) is 1. The van der Waals surface area contributed by atoms with Crippen molar-refractivity contribution >= 4 is 17.9 Å². The van der Waals surface area contributed by atoms with Crippen LogP contribution < -0.4 is 10.1 Å². The summed E-state index contributed by atoms with van der Waals surface area (Å²) >= 11 is 0. The predicted octanol–water partition coefficient (Wildman–Crippen LogP) is 1.20. The third kappa shape index (κ3) is 6.47. The monoisotopic (exact) mass is 377 g/mol. The van der Waals surface area contributed by atoms with Crippen LogP contribution in [0.5, 0.6) is 5.75 Å². The summed E-state index contributed by atoms with van der Waals surface area (Å²) < 4.78 is 5.08. The third-order valence-electron chi connectivity index (χ3n) is 4.52. The molecule has 148 valence electrons. The molecule has 1 aromatic carbocycles. The molecule has 27 heavy (non-hydrogen) atoms. The summed E-state index contributed by atoms with van der Waals surface area (Å²) in [4.78, 5) is 38.0. The molecule has 0 aromatic heterocycles. The number of likely N-dealkylation sites (tertiary alicyclic amines) is 1. The van der Waals surface area contributed by atoms with E-state index in [2.05, 4.69) is 5.32 Å². The molecule has 1 aromatic rings. The molecule has 0 unspecified atom stereocenters. The van der Waals surface area contributed by atoms with Crippen LogP contribution in [-0.4, -0.2) is 73.2 Å². The lowest BCUT2D eigenvalue weighted by Gasteiger charge is -2.33. The van der Waals surface area contributed by atoms with Crippen LogP contribution in [0.4, 0.5) is 4.79 Å². The molecule has 0 saturated carbocycles. The number of nitrogens with zero attached hydrogens (tertiary/aromatic N) is 2. The Balaban J connectivity index is 1.69. The van der Waals surface area contributed by atoms with Gasteiger partial charge in [-0.15, -0.1) is 0 Å². The second kappa shape index (κ2) is 9.80. The first-order chi connectivity index (χ1) is 12.9. The number of ether oxygens (including phenoxy) is 1. The fourth-order valence-corrected chi connectivity index (χ4v) is 2.99. The maximum Gasteiger partial charge on any atom is 0.341 e. The van der Waals surface area contributed by atoms with Gasteiger partial charge in [0.05, 0.1) is 0 Å². The highest BCUT2D eigenvalue weighted by atomic mass is 16.5. The van der Waals surface area contributed by atoms with Crippen molar-refractivity contribution in [3.63, 3.8) is 0 Å². The maximum absolute atomic E-state index is 12.3. The van der Waals surface area contributed by atoms with E-state index in [0.29, 0.717) is 44.6 Å². The summed E-state index contributed by atoms with van der Waals surface area (Å²) in [6.45, 7) is 1.37. The van der Waals surface area contributed by atoms with Gasteiger partial charge in [0.25, 0.3) is 0 Å². The number of benzene rings is 1. The average Bonchev–Trinajstić information content (AvgIpc) is 2.66. The van der Waals surface area contributed by atoms with Gasteiger partial charge in [0, 0.05) is 39.6 Å². The van der Waals surface area contributed by atoms with Gasteiger partial charge in [-0.25, -0.2) is 9.59 Å². The Labute approximate surface area is 159 Å². The van der Waals surface area contributed by atoms with E-state index in [1.165, 1.54) is 0 Å². The zero-order valence-electron chi connectivity index (χ0n) is 15.8. The molecule has 0 radical (unpaired) electrons. The van der Waals surface area contributed by atoms with Crippen molar-refractivity contribution in [2.75, 3.05) is 40.3 Å². The van der Waals surface area contributed by atoms with Gasteiger partial charge in [-0.3, -0.25) is 4.79 Å². The van der Waals surface area contributed by atoms with Gasteiger partial charge in [0.2, 0.25) is 5.91 Å². The molecule has 1 fully saturated rings. The van der Waals surface area contributed by atoms with E-state index in [1.807, 2.05) is 12.1 Å². The minimum absolute atomic E-state index is 0.00959. The van der Waals surface area contributed by atoms with Crippen LogP contribution in [0, 0.1) is 5.92 Å². The maximum atomic E-state index is 12.3. The molecule has 1 aliphatic rings. The number of carboxylic acids is 1. The minimum Gasteiger partial charge on any atom is -0.482 e. The van der Waals surface area contributed by atoms with Gasteiger partial charge in [-0.2, -0.15) is 0 Å². The quantitative estimate of drug-likeness (QED) is 0.744. The SMILES string of the molecule is CN(C)C(=O)N1CCC(C(=O)NCCc2ccc(OCC(=O)O)cc2)CC1. The molecular weight excluding hydrogens is 350 g/mol. The zero-order chi connectivity index (χ0) is 19.8. The van der Waals surface area contributed by atoms with Gasteiger partial charge in [0.1, 0.15) is 5.75 Å². The van der Waals surface area contributed by atoms with Crippen LogP contribution in [0.1, 0.15) is 18.4 Å². The van der Waals surface area contributed by atoms with Crippen molar-refractivity contribution in [2.45, 2.75) is 19.3 Å². The lowest BCUT2D eigenvalue weighted by molar-refractivity contribution is -0.139. The van der Waals surface area contributed by atoms with Gasteiger partial charge in [-0.05, 0) is 37.0 Å². The third-order valence-corrected chi connectivity index (χ3v) is 4.52. The number of rotatable bonds is 7. The molecule has 1 aliphatic heterocycles. The van der Waals surface area contributed by atoms with Crippen molar-refractivity contribution in [2.24, 2.45) is 5.92 Å². The highest BCUT2D eigenvalue weighted by molar-refractivity contribution is 5.79. The molecule has 1 saturated heterocycles. The lowest BCUT2D eigenvalue weighted by Crippen LogP contribution is -2.46. The van der Waals surface area contributed by atoms with Gasteiger partial charge >= 0.3 is 12.0 Å². The molecule has 3 amide bonds. The molecular formula is C19H27N3O5. The van der Waals surface area contributed by atoms with Crippen molar-refractivity contribution < 1.29 is 24.2 Å². The number of urea groups is 1. The Kier molecular flexibility index (Phi) is 7.45. The number of piperidine rings is 1. The number of carboxylic acid groups (broad SMARTS) is 1. The Morgan fingerprint density at radius 3 is 2.37 bits per heavy atom. The summed E-state index contributed by atoms with van der Waals surface area (Å²) in [5.41, 5.74) is 1.03. The molecule has 1 heterocycles. The van der Waals surface area contributed by atoms with E-state index in [0.717, 1.165) is 5.56 Å². The van der Waals surface area contributed by atoms with Crippen LogP contribution in [0.2, 0.25) is 0 Å². The Morgan fingerprint density at radius 1 is 1.19 bits per heavy atom. The number of carbonyl (C=O) groups is 3. The van der Waals surface area contributed by atoms with Gasteiger partial charge in [0.15, 0.2) is 6.61 Å². The van der Waals surface area contributed by atoms with Crippen molar-refractivity contribution in [3.8, 4) is 5.75 Å². The summed E-state index contributed by atoms with van der Waals surface area (Å²) in [5, 5.41) is 11.5. The van der Waals surface area contributed by atoms with Gasteiger partial charge < -0.3 is 25.0 Å². The molecule has 0 atom stereocenters. The first kappa shape index (κ1) is 20.5. The van der Waals surface area contributed by atoms with Crippen LogP contribution in [0.3, 0.4) is 0 Å². The Hall–Kier alpha value is -2.77. The fourth-order valence-electron chi connectivity index (χ4n) is 2.99. The van der Waals surface area contributed by atoms with Crippen molar-refractivity contribution in [3.05, 3.63) is 29.8 Å². The topological polar surface area (TPSA) is 99.2 Å². The van der Waals surface area contributed by atoms with E-state index in [1.54, 1.807) is 36.0 Å². The molecule has 8 heteroatoms. The molecule has 0 bridgehead atoms. The average molecular weight is 377 g/mol. The Bertz CT molecular complexity index is 652. The highest BCUT2D eigenvalue weighted by Crippen LogP contribution is 2.18. The molecule has 0 spiro atoms. The molecule has 0 aliphatic carbocycles. The second-order valence-electron chi connectivity index (χ2n) is 6.81. The highest BCUT2D eigenvalue weighted by Gasteiger charge is 2.27. The summed E-state index contributed by atoms with van der Waals surface area (Å²) in [7, 11) is 3.46. The minimum atomic E-state index is -1.02. The fraction of sp³-hybridized carbons (Fsp3) is 0.526. The first-order valence-electron chi connectivity index (χ1n) is 9.04. The lowest BCUT2D eigenvalue weighted by atomic mass is 9.96. The largest absolute Gasteiger partial charge is 0.482 e. The number of aliphatic carboxylic acids is 1. The molecule has 8 nitrogen and oxygen atoms in total. The number of amides is 3. The van der Waals surface area contributed by atoms with E-state index < -0.39 is 5.97 Å². The summed E-state index contributed by atoms with van der Waals surface area (Å²) in [5.74, 6) is -0.528. The van der Waals surface area contributed by atoms with Crippen molar-refractivity contribution in [1.29, 1.82) is 0 Å². The number of hydrogen-bond donors (Lipinski definition) is 2. The van der Waals surface area contributed by atoms with Crippen LogP contribution in [-0.2, 0) is 16.0 Å². The normalized spacial score (nSPS) is 14.5. The van der Waals surface area contributed by atoms with Crippen molar-refractivity contribution in [1.82, 2.24) is 15.1 Å².